The smallest absolute Gasteiger partial charge is 0.122 e. The lowest BCUT2D eigenvalue weighted by Gasteiger charge is -2.30. The first kappa shape index (κ1) is 43.4. The molecule has 6 aromatic carbocycles. The van der Waals surface area contributed by atoms with Gasteiger partial charge in [0.1, 0.15) is 28.7 Å². The van der Waals surface area contributed by atoms with Crippen molar-refractivity contribution >= 4 is 0 Å². The van der Waals surface area contributed by atoms with Gasteiger partial charge in [-0.3, -0.25) is 0 Å². The number of phenols is 5. The second-order valence-corrected chi connectivity index (χ2v) is 17.7. The van der Waals surface area contributed by atoms with E-state index < -0.39 is 0 Å². The van der Waals surface area contributed by atoms with Crippen LogP contribution in [0.5, 0.6) is 28.7 Å². The molecule has 5 heteroatoms. The maximum Gasteiger partial charge on any atom is 0.122 e. The Labute approximate surface area is 346 Å². The van der Waals surface area contributed by atoms with E-state index in [0.717, 1.165) is 78.7 Å². The predicted molar refractivity (Wildman–Crippen MR) is 239 cm³/mol. The molecule has 0 fully saturated rings. The summed E-state index contributed by atoms with van der Waals surface area (Å²) in [5, 5.41) is 50.9. The molecule has 6 rings (SSSR count). The molecular formula is C53H62O5. The van der Waals surface area contributed by atoms with Gasteiger partial charge in [0.2, 0.25) is 0 Å². The summed E-state index contributed by atoms with van der Waals surface area (Å²) in [5.41, 5.74) is 16.7. The Morgan fingerprint density at radius 3 is 0.862 bits per heavy atom. The highest BCUT2D eigenvalue weighted by Crippen LogP contribution is 2.39. The van der Waals surface area contributed by atoms with Crippen LogP contribution in [0.2, 0.25) is 0 Å². The van der Waals surface area contributed by atoms with Gasteiger partial charge >= 0.3 is 0 Å². The Morgan fingerprint density at radius 1 is 0.310 bits per heavy atom. The average molecular weight is 779 g/mol. The van der Waals surface area contributed by atoms with Crippen molar-refractivity contribution in [2.24, 2.45) is 0 Å². The van der Waals surface area contributed by atoms with Crippen LogP contribution in [0.15, 0.2) is 84.9 Å². The van der Waals surface area contributed by atoms with Crippen LogP contribution in [0.25, 0.3) is 0 Å². The van der Waals surface area contributed by atoms with E-state index in [1.807, 2.05) is 92.6 Å². The van der Waals surface area contributed by atoms with Gasteiger partial charge in [-0.1, -0.05) is 113 Å². The van der Waals surface area contributed by atoms with Crippen LogP contribution in [0.3, 0.4) is 0 Å². The molecule has 6 aromatic rings. The normalized spacial score (nSPS) is 11.7. The third-order valence-corrected chi connectivity index (χ3v) is 12.1. The molecule has 5 nitrogen and oxygen atoms in total. The number of rotatable bonds is 8. The lowest BCUT2D eigenvalue weighted by atomic mass is 9.74. The Morgan fingerprint density at radius 2 is 0.552 bits per heavy atom. The molecule has 0 aliphatic heterocycles. The van der Waals surface area contributed by atoms with Gasteiger partial charge in [0.15, 0.2) is 0 Å². The maximum atomic E-state index is 10.6. The van der Waals surface area contributed by atoms with E-state index in [9.17, 15) is 25.5 Å². The standard InChI is InChI=1S/C28H34O2.C25H28O3/c1-17-13-23(14-18(2)25(17)29)27(5,6)21-9-11-22(12-10-21)28(7,8)24-15-19(3)26(30)20(4)16-24;1-14-6-19(7-15(2)23(14)26)11-21-10-18(5)25(28)22(13-21)12-20-8-16(3)24(27)17(4)9-20/h9-16,29-30H,1-8H3;6-10,13,26-28H,11-12H2,1-5H3. The van der Waals surface area contributed by atoms with E-state index in [0.29, 0.717) is 35.2 Å². The van der Waals surface area contributed by atoms with Crippen molar-refractivity contribution in [1.29, 1.82) is 0 Å². The van der Waals surface area contributed by atoms with Crippen molar-refractivity contribution in [3.05, 3.63) is 180 Å². The van der Waals surface area contributed by atoms with Crippen LogP contribution in [-0.2, 0) is 23.7 Å². The molecule has 0 amide bonds. The fourth-order valence-electron chi connectivity index (χ4n) is 8.19. The zero-order valence-electron chi connectivity index (χ0n) is 36.7. The van der Waals surface area contributed by atoms with Crippen molar-refractivity contribution in [3.63, 3.8) is 0 Å². The molecule has 0 heterocycles. The molecule has 58 heavy (non-hydrogen) atoms. The summed E-state index contributed by atoms with van der Waals surface area (Å²) in [4.78, 5) is 0. The monoisotopic (exact) mass is 778 g/mol. The van der Waals surface area contributed by atoms with Crippen molar-refractivity contribution in [3.8, 4) is 28.7 Å². The first-order valence-electron chi connectivity index (χ1n) is 20.1. The number of benzene rings is 6. The number of hydrogen-bond donors (Lipinski definition) is 5. The van der Waals surface area contributed by atoms with Gasteiger partial charge in [0.05, 0.1) is 0 Å². The number of aryl methyl sites for hydroxylation is 9. The Kier molecular flexibility index (Phi) is 12.5. The first-order chi connectivity index (χ1) is 27.0. The number of hydrogen-bond acceptors (Lipinski definition) is 5. The molecule has 0 spiro atoms. The van der Waals surface area contributed by atoms with E-state index in [-0.39, 0.29) is 10.8 Å². The second-order valence-electron chi connectivity index (χ2n) is 17.7. The molecule has 304 valence electrons. The van der Waals surface area contributed by atoms with E-state index in [2.05, 4.69) is 82.3 Å². The van der Waals surface area contributed by atoms with Crippen LogP contribution in [0.4, 0.5) is 0 Å². The summed E-state index contributed by atoms with van der Waals surface area (Å²) < 4.78 is 0. The number of aromatic hydroxyl groups is 5. The van der Waals surface area contributed by atoms with E-state index >= 15 is 0 Å². The molecule has 0 saturated carbocycles. The van der Waals surface area contributed by atoms with E-state index in [4.69, 9.17) is 0 Å². The molecule has 0 radical (unpaired) electrons. The Balaban J connectivity index is 0.000000221. The van der Waals surface area contributed by atoms with Crippen LogP contribution in [0, 0.1) is 62.3 Å². The van der Waals surface area contributed by atoms with Crippen molar-refractivity contribution in [2.75, 3.05) is 0 Å². The van der Waals surface area contributed by atoms with Gasteiger partial charge in [-0.15, -0.1) is 0 Å². The molecule has 0 bridgehead atoms. The highest BCUT2D eigenvalue weighted by molar-refractivity contribution is 5.52. The zero-order valence-corrected chi connectivity index (χ0v) is 36.7. The first-order valence-corrected chi connectivity index (χ1v) is 20.1. The summed E-state index contributed by atoms with van der Waals surface area (Å²) in [6, 6.07) is 29.2. The van der Waals surface area contributed by atoms with Crippen molar-refractivity contribution in [1.82, 2.24) is 0 Å². The van der Waals surface area contributed by atoms with Gasteiger partial charge in [-0.25, -0.2) is 0 Å². The van der Waals surface area contributed by atoms with Crippen LogP contribution in [0.1, 0.15) is 122 Å². The summed E-state index contributed by atoms with van der Waals surface area (Å²) in [7, 11) is 0. The summed E-state index contributed by atoms with van der Waals surface area (Å²) >= 11 is 0. The topological polar surface area (TPSA) is 101 Å². The lowest BCUT2D eigenvalue weighted by Crippen LogP contribution is -2.22. The largest absolute Gasteiger partial charge is 0.507 e. The van der Waals surface area contributed by atoms with Crippen LogP contribution in [-0.4, -0.2) is 25.5 Å². The molecule has 0 saturated heterocycles. The Hall–Kier alpha value is -5.68. The quantitative estimate of drug-likeness (QED) is 0.106. The third-order valence-electron chi connectivity index (χ3n) is 12.1. The highest BCUT2D eigenvalue weighted by atomic mass is 16.3. The summed E-state index contributed by atoms with van der Waals surface area (Å²) in [6.45, 7) is 26.2. The van der Waals surface area contributed by atoms with Crippen molar-refractivity contribution in [2.45, 2.75) is 114 Å². The zero-order chi connectivity index (χ0) is 43.0. The highest BCUT2D eigenvalue weighted by Gasteiger charge is 2.28. The van der Waals surface area contributed by atoms with Crippen LogP contribution >= 0.6 is 0 Å². The van der Waals surface area contributed by atoms with Gasteiger partial charge in [-0.05, 0) is 163 Å². The lowest BCUT2D eigenvalue weighted by molar-refractivity contribution is 0.464. The molecule has 5 N–H and O–H groups in total. The molecule has 0 aliphatic carbocycles. The minimum atomic E-state index is -0.169. The molecule has 0 atom stereocenters. The van der Waals surface area contributed by atoms with Crippen LogP contribution < -0.4 is 0 Å². The number of phenolic OH excluding ortho intramolecular Hbond substituents is 5. The van der Waals surface area contributed by atoms with E-state index in [1.165, 1.54) is 22.3 Å². The summed E-state index contributed by atoms with van der Waals surface area (Å²) in [6.07, 6.45) is 1.35. The second kappa shape index (κ2) is 16.7. The van der Waals surface area contributed by atoms with E-state index in [1.54, 1.807) is 0 Å². The fraction of sp³-hybridized carbons (Fsp3) is 0.321. The molecular weight excluding hydrogens is 717 g/mol. The van der Waals surface area contributed by atoms with Gasteiger partial charge in [0, 0.05) is 17.3 Å². The fourth-order valence-corrected chi connectivity index (χ4v) is 8.19. The van der Waals surface area contributed by atoms with Gasteiger partial charge in [0.25, 0.3) is 0 Å². The molecule has 0 aromatic heterocycles. The predicted octanol–water partition coefficient (Wildman–Crippen LogP) is 12.5. The minimum Gasteiger partial charge on any atom is -0.507 e. The maximum absolute atomic E-state index is 10.6. The Bertz CT molecular complexity index is 2300. The SMILES string of the molecule is Cc1cc(C(C)(C)c2ccc(C(C)(C)c3cc(C)c(O)c(C)c3)cc2)cc(C)c1O.Cc1cc(Cc2cc(C)c(O)c(Cc3cc(C)c(O)c(C)c3)c2)cc(C)c1O. The third kappa shape index (κ3) is 9.05. The summed E-state index contributed by atoms with van der Waals surface area (Å²) in [5.74, 6) is 1.77. The molecule has 0 unspecified atom stereocenters. The average Bonchev–Trinajstić information content (AvgIpc) is 3.15. The van der Waals surface area contributed by atoms with Crippen molar-refractivity contribution < 1.29 is 25.5 Å². The van der Waals surface area contributed by atoms with Gasteiger partial charge in [-0.2, -0.15) is 0 Å². The minimum absolute atomic E-state index is 0.169. The molecule has 0 aliphatic rings. The van der Waals surface area contributed by atoms with Gasteiger partial charge < -0.3 is 25.5 Å².